The van der Waals surface area contributed by atoms with E-state index >= 15 is 0 Å². The maximum absolute atomic E-state index is 13.4. The van der Waals surface area contributed by atoms with Crippen LogP contribution in [-0.4, -0.2) is 69.3 Å². The van der Waals surface area contributed by atoms with Crippen molar-refractivity contribution < 1.29 is 22.0 Å². The van der Waals surface area contributed by atoms with Gasteiger partial charge < -0.3 is 4.90 Å². The van der Waals surface area contributed by atoms with Crippen LogP contribution in [0.5, 0.6) is 0 Å². The molecule has 0 bridgehead atoms. The Kier molecular flexibility index (Phi) is 5.86. The molecule has 1 aliphatic carbocycles. The lowest BCUT2D eigenvalue weighted by Gasteiger charge is -2.34. The van der Waals surface area contributed by atoms with Gasteiger partial charge in [-0.25, -0.2) is 17.2 Å². The van der Waals surface area contributed by atoms with Crippen molar-refractivity contribution in [2.75, 3.05) is 26.2 Å². The van der Waals surface area contributed by atoms with Gasteiger partial charge in [-0.15, -0.1) is 0 Å². The molecule has 2 aliphatic rings. The first kappa shape index (κ1) is 21.9. The number of sulfonamides is 1. The number of hydrogen-bond donors (Lipinski definition) is 0. The van der Waals surface area contributed by atoms with E-state index in [1.165, 1.54) is 21.5 Å². The van der Waals surface area contributed by atoms with Gasteiger partial charge >= 0.3 is 0 Å². The van der Waals surface area contributed by atoms with Gasteiger partial charge in [-0.1, -0.05) is 0 Å². The van der Waals surface area contributed by atoms with E-state index in [1.807, 2.05) is 6.92 Å². The smallest absolute Gasteiger partial charge is 0.280 e. The number of halogens is 2. The molecular formula is C19H26F2N6O3S. The highest BCUT2D eigenvalue weighted by Crippen LogP contribution is 2.40. The number of aromatic nitrogens is 4. The summed E-state index contributed by atoms with van der Waals surface area (Å²) in [6.45, 7) is 4.48. The van der Waals surface area contributed by atoms with Gasteiger partial charge in [-0.05, 0) is 32.8 Å². The van der Waals surface area contributed by atoms with Crippen LogP contribution < -0.4 is 0 Å². The molecule has 4 rings (SSSR count). The SMILES string of the molecule is CCn1cc(S(=O)(=O)N2CCN(C(=O)Cn3nc(C4CC4)cc3C(F)F)CC2)c(C)n1. The molecule has 170 valence electrons. The maximum atomic E-state index is 13.4. The first-order valence-corrected chi connectivity index (χ1v) is 11.8. The fraction of sp³-hybridized carbons (Fsp3) is 0.632. The van der Waals surface area contributed by atoms with E-state index in [-0.39, 0.29) is 55.1 Å². The zero-order valence-electron chi connectivity index (χ0n) is 17.5. The second kappa shape index (κ2) is 8.30. The van der Waals surface area contributed by atoms with Gasteiger partial charge in [-0.2, -0.15) is 14.5 Å². The van der Waals surface area contributed by atoms with Crippen molar-refractivity contribution in [3.63, 3.8) is 0 Å². The molecule has 31 heavy (non-hydrogen) atoms. The fourth-order valence-electron chi connectivity index (χ4n) is 3.79. The Morgan fingerprint density at radius 1 is 1.19 bits per heavy atom. The van der Waals surface area contributed by atoms with Crippen LogP contribution in [0, 0.1) is 6.92 Å². The van der Waals surface area contributed by atoms with Crippen LogP contribution in [0.4, 0.5) is 8.78 Å². The zero-order valence-corrected chi connectivity index (χ0v) is 18.4. The first-order valence-electron chi connectivity index (χ1n) is 10.4. The second-order valence-electron chi connectivity index (χ2n) is 7.95. The normalized spacial score (nSPS) is 18.2. The minimum atomic E-state index is -3.71. The molecule has 12 heteroatoms. The van der Waals surface area contributed by atoms with Gasteiger partial charge in [0, 0.05) is 44.8 Å². The summed E-state index contributed by atoms with van der Waals surface area (Å²) in [4.78, 5) is 14.4. The summed E-state index contributed by atoms with van der Waals surface area (Å²) in [6.07, 6.45) is 0.673. The van der Waals surface area contributed by atoms with E-state index in [0.717, 1.165) is 17.5 Å². The third-order valence-electron chi connectivity index (χ3n) is 5.77. The molecule has 0 unspecified atom stereocenters. The van der Waals surface area contributed by atoms with Crippen molar-refractivity contribution >= 4 is 15.9 Å². The van der Waals surface area contributed by atoms with Crippen molar-refractivity contribution in [3.05, 3.63) is 29.3 Å². The average Bonchev–Trinajstić information content (AvgIpc) is 3.39. The lowest BCUT2D eigenvalue weighted by Crippen LogP contribution is -2.51. The summed E-state index contributed by atoms with van der Waals surface area (Å²) >= 11 is 0. The summed E-state index contributed by atoms with van der Waals surface area (Å²) in [5.41, 5.74) is 0.798. The topological polar surface area (TPSA) is 93.3 Å². The molecule has 0 aromatic carbocycles. The largest absolute Gasteiger partial charge is 0.338 e. The number of alkyl halides is 2. The first-order chi connectivity index (χ1) is 14.7. The van der Waals surface area contributed by atoms with E-state index in [2.05, 4.69) is 10.2 Å². The number of hydrogen-bond acceptors (Lipinski definition) is 5. The molecule has 1 aliphatic heterocycles. The van der Waals surface area contributed by atoms with E-state index in [9.17, 15) is 22.0 Å². The highest BCUT2D eigenvalue weighted by atomic mass is 32.2. The monoisotopic (exact) mass is 456 g/mol. The molecule has 3 heterocycles. The zero-order chi connectivity index (χ0) is 22.3. The van der Waals surface area contributed by atoms with Crippen molar-refractivity contribution in [2.45, 2.75) is 57.0 Å². The Morgan fingerprint density at radius 2 is 1.87 bits per heavy atom. The molecule has 0 N–H and O–H groups in total. The van der Waals surface area contributed by atoms with E-state index < -0.39 is 16.4 Å². The summed E-state index contributed by atoms with van der Waals surface area (Å²) in [7, 11) is -3.71. The number of amides is 1. The molecule has 1 amide bonds. The molecule has 1 saturated carbocycles. The Bertz CT molecular complexity index is 1070. The summed E-state index contributed by atoms with van der Waals surface area (Å²) in [6, 6.07) is 1.39. The van der Waals surface area contributed by atoms with E-state index in [1.54, 1.807) is 11.6 Å². The van der Waals surface area contributed by atoms with Crippen LogP contribution in [0.15, 0.2) is 17.2 Å². The Hall–Kier alpha value is -2.34. The van der Waals surface area contributed by atoms with Gasteiger partial charge in [0.15, 0.2) is 0 Å². The van der Waals surface area contributed by atoms with Gasteiger partial charge in [0.2, 0.25) is 15.9 Å². The van der Waals surface area contributed by atoms with Crippen LogP contribution in [0.2, 0.25) is 0 Å². The Morgan fingerprint density at radius 3 is 2.42 bits per heavy atom. The minimum absolute atomic E-state index is 0.138. The van der Waals surface area contributed by atoms with Crippen LogP contribution >= 0.6 is 0 Å². The fourth-order valence-corrected chi connectivity index (χ4v) is 5.38. The molecule has 1 saturated heterocycles. The molecule has 2 aromatic rings. The van der Waals surface area contributed by atoms with Gasteiger partial charge in [-0.3, -0.25) is 14.2 Å². The number of rotatable bonds is 7. The predicted octanol–water partition coefficient (Wildman–Crippen LogP) is 1.76. The lowest BCUT2D eigenvalue weighted by atomic mass is 10.3. The van der Waals surface area contributed by atoms with Gasteiger partial charge in [0.1, 0.15) is 17.1 Å². The van der Waals surface area contributed by atoms with Crippen LogP contribution in [0.25, 0.3) is 0 Å². The van der Waals surface area contributed by atoms with Crippen molar-refractivity contribution in [1.29, 1.82) is 0 Å². The number of aryl methyl sites for hydroxylation is 2. The number of carbonyl (C=O) groups excluding carboxylic acids is 1. The molecule has 0 spiro atoms. The maximum Gasteiger partial charge on any atom is 0.280 e. The highest BCUT2D eigenvalue weighted by molar-refractivity contribution is 7.89. The summed E-state index contributed by atoms with van der Waals surface area (Å²) < 4.78 is 56.6. The van der Waals surface area contributed by atoms with Crippen LogP contribution in [0.3, 0.4) is 0 Å². The molecule has 0 radical (unpaired) electrons. The Balaban J connectivity index is 1.41. The quantitative estimate of drug-likeness (QED) is 0.633. The van der Waals surface area contributed by atoms with Crippen LogP contribution in [-0.2, 0) is 27.9 Å². The van der Waals surface area contributed by atoms with Crippen LogP contribution in [0.1, 0.15) is 49.2 Å². The summed E-state index contributed by atoms with van der Waals surface area (Å²) in [5.74, 6) is -0.137. The lowest BCUT2D eigenvalue weighted by molar-refractivity contribution is -0.133. The predicted molar refractivity (Wildman–Crippen MR) is 107 cm³/mol. The Labute approximate surface area is 179 Å². The van der Waals surface area contributed by atoms with Crippen molar-refractivity contribution in [1.82, 2.24) is 28.8 Å². The number of piperazine rings is 1. The summed E-state index contributed by atoms with van der Waals surface area (Å²) in [5, 5.41) is 8.41. The molecule has 0 atom stereocenters. The average molecular weight is 457 g/mol. The van der Waals surface area contributed by atoms with Crippen molar-refractivity contribution in [3.8, 4) is 0 Å². The molecule has 2 fully saturated rings. The number of nitrogens with zero attached hydrogens (tertiary/aromatic N) is 6. The standard InChI is InChI=1S/C19H26F2N6O3S/c1-3-25-11-17(13(2)22-25)31(29,30)26-8-6-24(7-9-26)18(28)12-27-16(19(20)21)10-15(23-27)14-4-5-14/h10-11,14,19H,3-9,12H2,1-2H3. The van der Waals surface area contributed by atoms with E-state index in [0.29, 0.717) is 17.9 Å². The molecule has 2 aromatic heterocycles. The number of carbonyl (C=O) groups is 1. The minimum Gasteiger partial charge on any atom is -0.338 e. The third kappa shape index (κ3) is 4.36. The van der Waals surface area contributed by atoms with Gasteiger partial charge in [0.25, 0.3) is 6.43 Å². The molecular weight excluding hydrogens is 430 g/mol. The van der Waals surface area contributed by atoms with Gasteiger partial charge in [0.05, 0.1) is 11.4 Å². The molecule has 9 nitrogen and oxygen atoms in total. The highest BCUT2D eigenvalue weighted by Gasteiger charge is 2.33. The third-order valence-corrected chi connectivity index (χ3v) is 7.77. The van der Waals surface area contributed by atoms with E-state index in [4.69, 9.17) is 0 Å². The van der Waals surface area contributed by atoms with Crippen molar-refractivity contribution in [2.24, 2.45) is 0 Å². The second-order valence-corrected chi connectivity index (χ2v) is 9.85.